The summed E-state index contributed by atoms with van der Waals surface area (Å²) in [5.74, 6) is 9.65. The van der Waals surface area contributed by atoms with Crippen molar-refractivity contribution in [1.82, 2.24) is 9.97 Å². The van der Waals surface area contributed by atoms with Crippen molar-refractivity contribution in [2.75, 3.05) is 23.4 Å². The number of hydrazine groups is 1. The fourth-order valence-corrected chi connectivity index (χ4v) is 2.70. The monoisotopic (exact) mass is 261 g/mol. The SMILES string of the molecule is CC1CCCN(c2cc(NN)nc(C3CC3)n2)CC1. The average molecular weight is 261 g/mol. The number of rotatable bonds is 3. The van der Waals surface area contributed by atoms with Crippen LogP contribution in [0.4, 0.5) is 11.6 Å². The second kappa shape index (κ2) is 5.33. The largest absolute Gasteiger partial charge is 0.356 e. The molecule has 5 heteroatoms. The standard InChI is InChI=1S/C14H23N5/c1-10-3-2-7-19(8-6-10)13-9-12(18-15)16-14(17-13)11-4-5-11/h9-11H,2-8,15H2,1H3,(H,16,17,18). The van der Waals surface area contributed by atoms with E-state index in [2.05, 4.69) is 22.2 Å². The molecule has 1 aromatic rings. The fraction of sp³-hybridized carbons (Fsp3) is 0.714. The van der Waals surface area contributed by atoms with E-state index >= 15 is 0 Å². The van der Waals surface area contributed by atoms with E-state index in [4.69, 9.17) is 10.8 Å². The Morgan fingerprint density at radius 2 is 2.05 bits per heavy atom. The summed E-state index contributed by atoms with van der Waals surface area (Å²) in [6.45, 7) is 4.52. The molecule has 0 bridgehead atoms. The molecule has 0 aromatic carbocycles. The molecule has 2 aliphatic rings. The van der Waals surface area contributed by atoms with Crippen molar-refractivity contribution in [2.24, 2.45) is 11.8 Å². The topological polar surface area (TPSA) is 67.1 Å². The number of aromatic nitrogens is 2. The second-order valence-corrected chi connectivity index (χ2v) is 5.91. The zero-order chi connectivity index (χ0) is 13.2. The van der Waals surface area contributed by atoms with Crippen molar-refractivity contribution >= 4 is 11.6 Å². The smallest absolute Gasteiger partial charge is 0.145 e. The number of nitrogens with one attached hydrogen (secondary N) is 1. The van der Waals surface area contributed by atoms with Crippen LogP contribution in [0, 0.1) is 5.92 Å². The summed E-state index contributed by atoms with van der Waals surface area (Å²) in [7, 11) is 0. The van der Waals surface area contributed by atoms with E-state index in [1.54, 1.807) is 0 Å². The van der Waals surface area contributed by atoms with Crippen molar-refractivity contribution in [3.05, 3.63) is 11.9 Å². The molecule has 3 rings (SSSR count). The first-order valence-electron chi connectivity index (χ1n) is 7.37. The Labute approximate surface area is 114 Å². The van der Waals surface area contributed by atoms with Gasteiger partial charge in [-0.3, -0.25) is 0 Å². The highest BCUT2D eigenvalue weighted by Gasteiger charge is 2.28. The first-order valence-corrected chi connectivity index (χ1v) is 7.37. The highest BCUT2D eigenvalue weighted by atomic mass is 15.3. The molecule has 0 amide bonds. The van der Waals surface area contributed by atoms with Crippen molar-refractivity contribution in [2.45, 2.75) is 44.9 Å². The van der Waals surface area contributed by atoms with Crippen LogP contribution < -0.4 is 16.2 Å². The van der Waals surface area contributed by atoms with Gasteiger partial charge in [-0.25, -0.2) is 15.8 Å². The molecule has 1 atom stereocenters. The fourth-order valence-electron chi connectivity index (χ4n) is 2.70. The highest BCUT2D eigenvalue weighted by molar-refractivity contribution is 5.49. The Balaban J connectivity index is 1.83. The third-order valence-corrected chi connectivity index (χ3v) is 4.16. The summed E-state index contributed by atoms with van der Waals surface area (Å²) in [6.07, 6.45) is 6.23. The number of hydrogen-bond acceptors (Lipinski definition) is 5. The van der Waals surface area contributed by atoms with Crippen molar-refractivity contribution in [3.63, 3.8) is 0 Å². The zero-order valence-electron chi connectivity index (χ0n) is 11.6. The Bertz CT molecular complexity index is 443. The van der Waals surface area contributed by atoms with Crippen LogP contribution in [0.2, 0.25) is 0 Å². The number of nitrogen functional groups attached to an aromatic ring is 1. The zero-order valence-corrected chi connectivity index (χ0v) is 11.6. The third kappa shape index (κ3) is 2.97. The Morgan fingerprint density at radius 3 is 2.79 bits per heavy atom. The summed E-state index contributed by atoms with van der Waals surface area (Å²) >= 11 is 0. The van der Waals surface area contributed by atoms with Crippen LogP contribution in [0.1, 0.15) is 50.8 Å². The van der Waals surface area contributed by atoms with Crippen molar-refractivity contribution in [3.8, 4) is 0 Å². The predicted octanol–water partition coefficient (Wildman–Crippen LogP) is 2.27. The Hall–Kier alpha value is -1.36. The van der Waals surface area contributed by atoms with Gasteiger partial charge < -0.3 is 10.3 Å². The summed E-state index contributed by atoms with van der Waals surface area (Å²) in [5.41, 5.74) is 2.68. The molecule has 1 aliphatic heterocycles. The van der Waals surface area contributed by atoms with Crippen LogP contribution in [0.25, 0.3) is 0 Å². The van der Waals surface area contributed by atoms with E-state index < -0.39 is 0 Å². The minimum absolute atomic E-state index is 0.554. The molecule has 3 N–H and O–H groups in total. The molecule has 0 spiro atoms. The molecule has 2 heterocycles. The van der Waals surface area contributed by atoms with Crippen molar-refractivity contribution < 1.29 is 0 Å². The van der Waals surface area contributed by atoms with Gasteiger partial charge in [0, 0.05) is 25.1 Å². The average Bonchev–Trinajstić information content (AvgIpc) is 3.25. The van der Waals surface area contributed by atoms with E-state index in [0.29, 0.717) is 5.92 Å². The molecule has 19 heavy (non-hydrogen) atoms. The highest BCUT2D eigenvalue weighted by Crippen LogP contribution is 2.39. The van der Waals surface area contributed by atoms with Gasteiger partial charge in [-0.05, 0) is 38.0 Å². The van der Waals surface area contributed by atoms with Crippen LogP contribution in [-0.4, -0.2) is 23.1 Å². The molecule has 5 nitrogen and oxygen atoms in total. The molecule has 1 aliphatic carbocycles. The number of anilines is 2. The van der Waals surface area contributed by atoms with Crippen LogP contribution in [0.5, 0.6) is 0 Å². The summed E-state index contributed by atoms with van der Waals surface area (Å²) in [6, 6.07) is 1.97. The number of nitrogens with zero attached hydrogens (tertiary/aromatic N) is 3. The molecule has 2 fully saturated rings. The van der Waals surface area contributed by atoms with Gasteiger partial charge in [-0.15, -0.1) is 0 Å². The predicted molar refractivity (Wildman–Crippen MR) is 77.0 cm³/mol. The normalized spacial score (nSPS) is 24.1. The van der Waals surface area contributed by atoms with Gasteiger partial charge in [0.15, 0.2) is 0 Å². The summed E-state index contributed by atoms with van der Waals surface area (Å²) in [5, 5.41) is 0. The van der Waals surface area contributed by atoms with Gasteiger partial charge in [-0.1, -0.05) is 6.92 Å². The van der Waals surface area contributed by atoms with Crippen LogP contribution in [-0.2, 0) is 0 Å². The lowest BCUT2D eigenvalue weighted by Gasteiger charge is -2.22. The van der Waals surface area contributed by atoms with Gasteiger partial charge in [0.25, 0.3) is 0 Å². The lowest BCUT2D eigenvalue weighted by Crippen LogP contribution is -2.26. The lowest BCUT2D eigenvalue weighted by molar-refractivity contribution is 0.521. The maximum absolute atomic E-state index is 5.53. The van der Waals surface area contributed by atoms with Crippen LogP contribution in [0.15, 0.2) is 6.07 Å². The first kappa shape index (κ1) is 12.7. The van der Waals surface area contributed by atoms with Crippen molar-refractivity contribution in [1.29, 1.82) is 0 Å². The quantitative estimate of drug-likeness (QED) is 0.645. The molecule has 104 valence electrons. The van der Waals surface area contributed by atoms with Gasteiger partial charge >= 0.3 is 0 Å². The van der Waals surface area contributed by atoms with E-state index in [9.17, 15) is 0 Å². The molecule has 1 aromatic heterocycles. The summed E-state index contributed by atoms with van der Waals surface area (Å²) in [4.78, 5) is 11.6. The van der Waals surface area contributed by atoms with Crippen LogP contribution >= 0.6 is 0 Å². The second-order valence-electron chi connectivity index (χ2n) is 5.91. The van der Waals surface area contributed by atoms with Gasteiger partial charge in [0.1, 0.15) is 17.5 Å². The van der Waals surface area contributed by atoms with Crippen LogP contribution in [0.3, 0.4) is 0 Å². The van der Waals surface area contributed by atoms with E-state index in [1.807, 2.05) is 6.07 Å². The maximum Gasteiger partial charge on any atom is 0.145 e. The Morgan fingerprint density at radius 1 is 1.21 bits per heavy atom. The van der Waals surface area contributed by atoms with E-state index in [-0.39, 0.29) is 0 Å². The van der Waals surface area contributed by atoms with E-state index in [0.717, 1.165) is 36.5 Å². The van der Waals surface area contributed by atoms with Gasteiger partial charge in [0.05, 0.1) is 0 Å². The molecular weight excluding hydrogens is 238 g/mol. The molecule has 1 unspecified atom stereocenters. The maximum atomic E-state index is 5.53. The molecule has 0 radical (unpaired) electrons. The van der Waals surface area contributed by atoms with Gasteiger partial charge in [0.2, 0.25) is 0 Å². The summed E-state index contributed by atoms with van der Waals surface area (Å²) < 4.78 is 0. The minimum Gasteiger partial charge on any atom is -0.356 e. The molecular formula is C14H23N5. The van der Waals surface area contributed by atoms with Gasteiger partial charge in [-0.2, -0.15) is 0 Å². The molecule has 1 saturated carbocycles. The number of hydrogen-bond donors (Lipinski definition) is 2. The number of nitrogens with two attached hydrogens (primary N) is 1. The Kier molecular flexibility index (Phi) is 3.55. The lowest BCUT2D eigenvalue weighted by atomic mass is 10.0. The first-order chi connectivity index (χ1) is 9.26. The molecule has 1 saturated heterocycles. The third-order valence-electron chi connectivity index (χ3n) is 4.16. The van der Waals surface area contributed by atoms with E-state index in [1.165, 1.54) is 32.1 Å². The minimum atomic E-state index is 0.554.